The number of rotatable bonds is 5. The van der Waals surface area contributed by atoms with Crippen molar-refractivity contribution in [3.8, 4) is 5.88 Å². The molecule has 5 nitrogen and oxygen atoms in total. The third kappa shape index (κ3) is 4.44. The van der Waals surface area contributed by atoms with Crippen molar-refractivity contribution in [2.45, 2.75) is 51.0 Å². The van der Waals surface area contributed by atoms with Crippen LogP contribution in [-0.2, 0) is 9.53 Å². The summed E-state index contributed by atoms with van der Waals surface area (Å²) in [6.45, 7) is 1.31. The molecule has 126 valence electrons. The predicted octanol–water partition coefficient (Wildman–Crippen LogP) is 2.99. The summed E-state index contributed by atoms with van der Waals surface area (Å²) in [6, 6.07) is 3.87. The third-order valence-corrected chi connectivity index (χ3v) is 5.01. The summed E-state index contributed by atoms with van der Waals surface area (Å²) >= 11 is 0. The zero-order valence-electron chi connectivity index (χ0n) is 13.6. The van der Waals surface area contributed by atoms with E-state index < -0.39 is 0 Å². The zero-order chi connectivity index (χ0) is 16.1. The molecule has 0 radical (unpaired) electrons. The number of pyridine rings is 1. The van der Waals surface area contributed by atoms with Crippen molar-refractivity contribution in [2.75, 3.05) is 13.2 Å². The van der Waals surface area contributed by atoms with E-state index in [1.807, 2.05) is 12.1 Å². The number of ether oxygens (including phenoxy) is 2. The van der Waals surface area contributed by atoms with Gasteiger partial charge in [-0.2, -0.15) is 0 Å². The van der Waals surface area contributed by atoms with Crippen LogP contribution in [0.2, 0.25) is 0 Å². The van der Waals surface area contributed by atoms with Crippen molar-refractivity contribution in [1.29, 1.82) is 0 Å². The largest absolute Gasteiger partial charge is 0.477 e. The fourth-order valence-corrected chi connectivity index (χ4v) is 3.55. The van der Waals surface area contributed by atoms with E-state index in [-0.39, 0.29) is 17.9 Å². The lowest BCUT2D eigenvalue weighted by molar-refractivity contribution is -0.126. The summed E-state index contributed by atoms with van der Waals surface area (Å²) in [4.78, 5) is 15.7. The Balaban J connectivity index is 1.59. The number of hydrogen-bond donors (Lipinski definition) is 1. The molecule has 1 amide bonds. The quantitative estimate of drug-likeness (QED) is 0.905. The van der Waals surface area contributed by atoms with Crippen LogP contribution in [0.3, 0.4) is 0 Å². The molecule has 2 fully saturated rings. The van der Waals surface area contributed by atoms with E-state index in [2.05, 4.69) is 4.98 Å². The minimum absolute atomic E-state index is 0.0960. The highest BCUT2D eigenvalue weighted by Crippen LogP contribution is 2.32. The number of carbonyl (C=O) groups excluding carboxylic acids is 1. The van der Waals surface area contributed by atoms with Crippen LogP contribution in [0.25, 0.3) is 0 Å². The second-order valence-electron chi connectivity index (χ2n) is 6.73. The predicted molar refractivity (Wildman–Crippen MR) is 86.9 cm³/mol. The second kappa shape index (κ2) is 7.77. The Kier molecular flexibility index (Phi) is 5.49. The average Bonchev–Trinajstić information content (AvgIpc) is 2.61. The molecule has 1 aromatic rings. The van der Waals surface area contributed by atoms with Gasteiger partial charge in [-0.25, -0.2) is 4.98 Å². The highest BCUT2D eigenvalue weighted by molar-refractivity contribution is 5.76. The molecular formula is C18H26N2O3. The summed E-state index contributed by atoms with van der Waals surface area (Å²) in [5.74, 6) is 0.965. The van der Waals surface area contributed by atoms with E-state index in [1.165, 1.54) is 32.1 Å². The SMILES string of the molecule is NC(=O)C1CCOC(c2ccnc(OCC3CCCCC3)c2)C1. The van der Waals surface area contributed by atoms with E-state index in [0.717, 1.165) is 12.2 Å². The molecular weight excluding hydrogens is 292 g/mol. The fraction of sp³-hybridized carbons (Fsp3) is 0.667. The molecule has 1 aliphatic heterocycles. The van der Waals surface area contributed by atoms with Crippen molar-refractivity contribution >= 4 is 5.91 Å². The summed E-state index contributed by atoms with van der Waals surface area (Å²) in [5, 5.41) is 0. The van der Waals surface area contributed by atoms with E-state index in [4.69, 9.17) is 15.2 Å². The number of amides is 1. The van der Waals surface area contributed by atoms with Gasteiger partial charge in [0.2, 0.25) is 11.8 Å². The fourth-order valence-electron chi connectivity index (χ4n) is 3.55. The van der Waals surface area contributed by atoms with Crippen molar-refractivity contribution in [3.63, 3.8) is 0 Å². The van der Waals surface area contributed by atoms with Crippen LogP contribution < -0.4 is 10.5 Å². The van der Waals surface area contributed by atoms with Gasteiger partial charge in [0.15, 0.2) is 0 Å². The van der Waals surface area contributed by atoms with Gasteiger partial charge >= 0.3 is 0 Å². The molecule has 0 aromatic carbocycles. The minimum atomic E-state index is -0.235. The van der Waals surface area contributed by atoms with Crippen LogP contribution in [0.15, 0.2) is 18.3 Å². The number of aromatic nitrogens is 1. The van der Waals surface area contributed by atoms with Crippen LogP contribution in [0, 0.1) is 11.8 Å². The number of carbonyl (C=O) groups is 1. The van der Waals surface area contributed by atoms with Crippen molar-refractivity contribution in [3.05, 3.63) is 23.9 Å². The van der Waals surface area contributed by atoms with Crippen LogP contribution in [-0.4, -0.2) is 24.1 Å². The van der Waals surface area contributed by atoms with Crippen LogP contribution >= 0.6 is 0 Å². The number of primary amides is 1. The first-order valence-electron chi connectivity index (χ1n) is 8.72. The van der Waals surface area contributed by atoms with E-state index in [9.17, 15) is 4.79 Å². The molecule has 1 saturated heterocycles. The van der Waals surface area contributed by atoms with Gasteiger partial charge < -0.3 is 15.2 Å². The first-order valence-corrected chi connectivity index (χ1v) is 8.72. The Morgan fingerprint density at radius 1 is 1.30 bits per heavy atom. The lowest BCUT2D eigenvalue weighted by Crippen LogP contribution is -2.30. The van der Waals surface area contributed by atoms with Crippen LogP contribution in [0.4, 0.5) is 0 Å². The standard InChI is InChI=1S/C18H26N2O3/c19-18(21)15-7-9-22-16(10-15)14-6-8-20-17(11-14)23-12-13-4-2-1-3-5-13/h6,8,11,13,15-16H,1-5,7,9-10,12H2,(H2,19,21). The van der Waals surface area contributed by atoms with Crippen molar-refractivity contribution in [1.82, 2.24) is 4.98 Å². The number of nitrogens with zero attached hydrogens (tertiary/aromatic N) is 1. The van der Waals surface area contributed by atoms with Gasteiger partial charge in [0.05, 0.1) is 12.7 Å². The van der Waals surface area contributed by atoms with Gasteiger partial charge in [-0.05, 0) is 43.2 Å². The summed E-state index contributed by atoms with van der Waals surface area (Å²) in [7, 11) is 0. The molecule has 2 unspecified atom stereocenters. The van der Waals surface area contributed by atoms with E-state index in [0.29, 0.717) is 31.2 Å². The molecule has 2 N–H and O–H groups in total. The van der Waals surface area contributed by atoms with E-state index in [1.54, 1.807) is 6.20 Å². The molecule has 2 heterocycles. The van der Waals surface area contributed by atoms with Crippen LogP contribution in [0.5, 0.6) is 5.88 Å². The molecule has 2 atom stereocenters. The Bertz CT molecular complexity index is 529. The van der Waals surface area contributed by atoms with Gasteiger partial charge in [-0.3, -0.25) is 4.79 Å². The molecule has 0 spiro atoms. The monoisotopic (exact) mass is 318 g/mol. The topological polar surface area (TPSA) is 74.4 Å². The molecule has 2 aliphatic rings. The minimum Gasteiger partial charge on any atom is -0.477 e. The molecule has 0 bridgehead atoms. The second-order valence-corrected chi connectivity index (χ2v) is 6.73. The summed E-state index contributed by atoms with van der Waals surface area (Å²) in [6.07, 6.45) is 9.49. The van der Waals surface area contributed by atoms with Crippen molar-refractivity contribution < 1.29 is 14.3 Å². The maximum absolute atomic E-state index is 11.4. The smallest absolute Gasteiger partial charge is 0.220 e. The number of nitrogens with two attached hydrogens (primary N) is 1. The number of hydrogen-bond acceptors (Lipinski definition) is 4. The van der Waals surface area contributed by atoms with Crippen LogP contribution in [0.1, 0.15) is 56.6 Å². The molecule has 3 rings (SSSR count). The Hall–Kier alpha value is -1.62. The lowest BCUT2D eigenvalue weighted by atomic mass is 9.90. The van der Waals surface area contributed by atoms with Gasteiger partial charge in [-0.1, -0.05) is 19.3 Å². The van der Waals surface area contributed by atoms with E-state index >= 15 is 0 Å². The molecule has 1 aromatic heterocycles. The Morgan fingerprint density at radius 2 is 2.13 bits per heavy atom. The van der Waals surface area contributed by atoms with Gasteiger partial charge in [-0.15, -0.1) is 0 Å². The lowest BCUT2D eigenvalue weighted by Gasteiger charge is -2.28. The van der Waals surface area contributed by atoms with Gasteiger partial charge in [0.25, 0.3) is 0 Å². The molecule has 1 aliphatic carbocycles. The molecule has 5 heteroatoms. The van der Waals surface area contributed by atoms with Gasteiger partial charge in [0, 0.05) is 24.8 Å². The summed E-state index contributed by atoms with van der Waals surface area (Å²) < 4.78 is 11.7. The zero-order valence-corrected chi connectivity index (χ0v) is 13.6. The maximum atomic E-state index is 11.4. The average molecular weight is 318 g/mol. The van der Waals surface area contributed by atoms with Crippen molar-refractivity contribution in [2.24, 2.45) is 17.6 Å². The maximum Gasteiger partial charge on any atom is 0.220 e. The Labute approximate surface area is 137 Å². The first-order chi connectivity index (χ1) is 11.2. The van der Waals surface area contributed by atoms with Gasteiger partial charge in [0.1, 0.15) is 0 Å². The highest BCUT2D eigenvalue weighted by Gasteiger charge is 2.27. The molecule has 1 saturated carbocycles. The highest BCUT2D eigenvalue weighted by atomic mass is 16.5. The summed E-state index contributed by atoms with van der Waals surface area (Å²) in [5.41, 5.74) is 6.45. The molecule has 23 heavy (non-hydrogen) atoms. The third-order valence-electron chi connectivity index (χ3n) is 5.01. The normalized spacial score (nSPS) is 25.9. The first kappa shape index (κ1) is 16.2. The Morgan fingerprint density at radius 3 is 2.91 bits per heavy atom.